The van der Waals surface area contributed by atoms with Gasteiger partial charge in [0.2, 0.25) is 5.82 Å². The second kappa shape index (κ2) is 4.56. The number of aromatic nitrogens is 5. The van der Waals surface area contributed by atoms with Gasteiger partial charge >= 0.3 is 0 Å². The minimum absolute atomic E-state index is 0.00252. The first kappa shape index (κ1) is 12.5. The van der Waals surface area contributed by atoms with Gasteiger partial charge in [0.05, 0.1) is 0 Å². The Morgan fingerprint density at radius 1 is 1.15 bits per heavy atom. The van der Waals surface area contributed by atoms with Gasteiger partial charge < -0.3 is 4.52 Å². The topological polar surface area (TPSA) is 80.5 Å². The van der Waals surface area contributed by atoms with Gasteiger partial charge in [0.15, 0.2) is 5.82 Å². The van der Waals surface area contributed by atoms with Gasteiger partial charge in [-0.15, -0.1) is 0 Å². The lowest BCUT2D eigenvalue weighted by Crippen LogP contribution is -2.12. The average molecular weight is 269 g/mol. The van der Waals surface area contributed by atoms with Gasteiger partial charge in [-0.25, -0.2) is 4.98 Å². The number of nitrogens with one attached hydrogen (secondary N) is 1. The summed E-state index contributed by atoms with van der Waals surface area (Å²) in [5.74, 6) is 1.39. The molecule has 0 fully saturated rings. The van der Waals surface area contributed by atoms with Crippen LogP contribution in [0.4, 0.5) is 0 Å². The van der Waals surface area contributed by atoms with Crippen molar-refractivity contribution in [3.63, 3.8) is 0 Å². The van der Waals surface area contributed by atoms with Crippen molar-refractivity contribution in [3.05, 3.63) is 36.2 Å². The molecule has 2 heterocycles. The zero-order chi connectivity index (χ0) is 14.2. The quantitative estimate of drug-likeness (QED) is 0.773. The Balaban J connectivity index is 2.07. The maximum absolute atomic E-state index is 5.36. The van der Waals surface area contributed by atoms with Crippen molar-refractivity contribution >= 4 is 0 Å². The molecule has 0 aliphatic carbocycles. The first-order valence-electron chi connectivity index (χ1n) is 6.35. The van der Waals surface area contributed by atoms with Crippen molar-refractivity contribution in [1.82, 2.24) is 25.3 Å². The van der Waals surface area contributed by atoms with E-state index in [-0.39, 0.29) is 5.41 Å². The maximum Gasteiger partial charge on any atom is 0.258 e. The summed E-state index contributed by atoms with van der Waals surface area (Å²) in [6.07, 6.45) is 1.41. The molecule has 0 unspecified atom stereocenters. The normalized spacial score (nSPS) is 11.8. The summed E-state index contributed by atoms with van der Waals surface area (Å²) < 4.78 is 5.36. The van der Waals surface area contributed by atoms with Crippen LogP contribution < -0.4 is 0 Å². The number of rotatable bonds is 2. The monoisotopic (exact) mass is 269 g/mol. The SMILES string of the molecule is CC(C)(C)c1ccccc1-c1nc(-c2ncn[nH]2)no1. The van der Waals surface area contributed by atoms with Gasteiger partial charge in [-0.1, -0.05) is 44.1 Å². The highest BCUT2D eigenvalue weighted by Gasteiger charge is 2.22. The molecule has 3 rings (SSSR count). The van der Waals surface area contributed by atoms with E-state index in [1.807, 2.05) is 18.2 Å². The van der Waals surface area contributed by atoms with E-state index in [0.29, 0.717) is 17.5 Å². The molecule has 2 aromatic heterocycles. The van der Waals surface area contributed by atoms with Crippen LogP contribution >= 0.6 is 0 Å². The number of hydrogen-bond acceptors (Lipinski definition) is 5. The van der Waals surface area contributed by atoms with E-state index in [4.69, 9.17) is 4.52 Å². The zero-order valence-electron chi connectivity index (χ0n) is 11.6. The third-order valence-corrected chi connectivity index (χ3v) is 3.02. The molecule has 0 atom stereocenters. The van der Waals surface area contributed by atoms with Crippen LogP contribution in [0.25, 0.3) is 23.1 Å². The van der Waals surface area contributed by atoms with Gasteiger partial charge in [-0.3, -0.25) is 5.10 Å². The molecule has 0 saturated carbocycles. The number of H-pyrrole nitrogens is 1. The predicted molar refractivity (Wildman–Crippen MR) is 73.8 cm³/mol. The second-order valence-corrected chi connectivity index (χ2v) is 5.55. The lowest BCUT2D eigenvalue weighted by Gasteiger charge is -2.21. The molecule has 6 heteroatoms. The van der Waals surface area contributed by atoms with Crippen molar-refractivity contribution < 1.29 is 4.52 Å². The second-order valence-electron chi connectivity index (χ2n) is 5.55. The van der Waals surface area contributed by atoms with Gasteiger partial charge in [0, 0.05) is 5.56 Å². The average Bonchev–Trinajstić information content (AvgIpc) is 3.09. The third-order valence-electron chi connectivity index (χ3n) is 3.02. The molecule has 0 saturated heterocycles. The van der Waals surface area contributed by atoms with Crippen LogP contribution in [0.1, 0.15) is 26.3 Å². The van der Waals surface area contributed by atoms with E-state index in [1.165, 1.54) is 6.33 Å². The minimum Gasteiger partial charge on any atom is -0.333 e. The fourth-order valence-corrected chi connectivity index (χ4v) is 2.07. The van der Waals surface area contributed by atoms with E-state index < -0.39 is 0 Å². The standard InChI is InChI=1S/C14H15N5O/c1-14(2,3)10-7-5-4-6-9(10)13-17-12(19-20-13)11-15-8-16-18-11/h4-8H,1-3H3,(H,15,16,18). The summed E-state index contributed by atoms with van der Waals surface area (Å²) in [5.41, 5.74) is 2.10. The van der Waals surface area contributed by atoms with E-state index in [2.05, 4.69) is 52.2 Å². The van der Waals surface area contributed by atoms with E-state index in [0.717, 1.165) is 11.1 Å². The highest BCUT2D eigenvalue weighted by Crippen LogP contribution is 2.32. The summed E-state index contributed by atoms with van der Waals surface area (Å²) in [7, 11) is 0. The Morgan fingerprint density at radius 2 is 1.95 bits per heavy atom. The van der Waals surface area contributed by atoms with Crippen molar-refractivity contribution in [3.8, 4) is 23.1 Å². The van der Waals surface area contributed by atoms with Gasteiger partial charge in [0.25, 0.3) is 5.89 Å². The number of benzene rings is 1. The largest absolute Gasteiger partial charge is 0.333 e. The molecule has 3 aromatic rings. The van der Waals surface area contributed by atoms with E-state index in [1.54, 1.807) is 0 Å². The molecule has 0 bridgehead atoms. The Kier molecular flexibility index (Phi) is 2.85. The van der Waals surface area contributed by atoms with Crippen LogP contribution in [0, 0.1) is 0 Å². The van der Waals surface area contributed by atoms with Gasteiger partial charge in [-0.2, -0.15) is 10.1 Å². The summed E-state index contributed by atoms with van der Waals surface area (Å²) >= 11 is 0. The third kappa shape index (κ3) is 2.20. The molecule has 1 N–H and O–H groups in total. The number of hydrogen-bond donors (Lipinski definition) is 1. The van der Waals surface area contributed by atoms with Gasteiger partial charge in [-0.05, 0) is 17.0 Å². The highest BCUT2D eigenvalue weighted by molar-refractivity contribution is 5.62. The first-order valence-corrected chi connectivity index (χ1v) is 6.35. The highest BCUT2D eigenvalue weighted by atomic mass is 16.5. The number of aromatic amines is 1. The van der Waals surface area contributed by atoms with E-state index in [9.17, 15) is 0 Å². The molecule has 20 heavy (non-hydrogen) atoms. The molecular weight excluding hydrogens is 254 g/mol. The molecule has 6 nitrogen and oxygen atoms in total. The molecule has 0 radical (unpaired) electrons. The molecule has 102 valence electrons. The summed E-state index contributed by atoms with van der Waals surface area (Å²) in [6, 6.07) is 8.03. The first-order chi connectivity index (χ1) is 9.55. The van der Waals surface area contributed by atoms with E-state index >= 15 is 0 Å². The Hall–Kier alpha value is -2.50. The van der Waals surface area contributed by atoms with Crippen LogP contribution in [-0.4, -0.2) is 25.3 Å². The van der Waals surface area contributed by atoms with Crippen molar-refractivity contribution in [2.75, 3.05) is 0 Å². The molecule has 1 aromatic carbocycles. The fourth-order valence-electron chi connectivity index (χ4n) is 2.07. The molecule has 0 aliphatic rings. The summed E-state index contributed by atoms with van der Waals surface area (Å²) in [6.45, 7) is 6.46. The predicted octanol–water partition coefficient (Wildman–Crippen LogP) is 2.82. The van der Waals surface area contributed by atoms with Crippen molar-refractivity contribution in [1.29, 1.82) is 0 Å². The van der Waals surface area contributed by atoms with Gasteiger partial charge in [0.1, 0.15) is 6.33 Å². The lowest BCUT2D eigenvalue weighted by atomic mass is 9.84. The molecule has 0 spiro atoms. The van der Waals surface area contributed by atoms with Crippen LogP contribution in [-0.2, 0) is 5.41 Å². The van der Waals surface area contributed by atoms with Crippen molar-refractivity contribution in [2.24, 2.45) is 0 Å². The van der Waals surface area contributed by atoms with Crippen LogP contribution in [0.3, 0.4) is 0 Å². The zero-order valence-corrected chi connectivity index (χ0v) is 11.6. The Bertz CT molecular complexity index is 709. The lowest BCUT2D eigenvalue weighted by molar-refractivity contribution is 0.430. The smallest absolute Gasteiger partial charge is 0.258 e. The molecule has 0 amide bonds. The van der Waals surface area contributed by atoms with Crippen LogP contribution in [0.2, 0.25) is 0 Å². The summed E-state index contributed by atoms with van der Waals surface area (Å²) in [4.78, 5) is 8.40. The van der Waals surface area contributed by atoms with Crippen molar-refractivity contribution in [2.45, 2.75) is 26.2 Å². The molecule has 0 aliphatic heterocycles. The number of nitrogens with zero attached hydrogens (tertiary/aromatic N) is 4. The maximum atomic E-state index is 5.36. The van der Waals surface area contributed by atoms with Crippen LogP contribution in [0.5, 0.6) is 0 Å². The minimum atomic E-state index is -0.00252. The Morgan fingerprint density at radius 3 is 2.65 bits per heavy atom. The Labute approximate surface area is 116 Å². The summed E-state index contributed by atoms with van der Waals surface area (Å²) in [5, 5.41) is 10.4. The fraction of sp³-hybridized carbons (Fsp3) is 0.286. The van der Waals surface area contributed by atoms with Crippen LogP contribution in [0.15, 0.2) is 35.1 Å². The molecular formula is C14H15N5O.